The van der Waals surface area contributed by atoms with Crippen LogP contribution in [-0.4, -0.2) is 50.5 Å². The third-order valence-corrected chi connectivity index (χ3v) is 6.46. The first-order valence-electron chi connectivity index (χ1n) is 12.7. The number of para-hydroxylation sites is 1. The van der Waals surface area contributed by atoms with Crippen molar-refractivity contribution in [1.82, 2.24) is 24.4 Å². The van der Waals surface area contributed by atoms with Crippen molar-refractivity contribution in [2.75, 3.05) is 31.2 Å². The molecule has 0 fully saturated rings. The van der Waals surface area contributed by atoms with Crippen molar-refractivity contribution < 1.29 is 4.79 Å². The Hall–Kier alpha value is -4.53. The number of carbonyl (C=O) groups excluding carboxylic acids is 1. The van der Waals surface area contributed by atoms with Crippen LogP contribution in [0.15, 0.2) is 59.4 Å². The average Bonchev–Trinajstić information content (AvgIpc) is 2.90. The molecule has 1 amide bonds. The van der Waals surface area contributed by atoms with Crippen molar-refractivity contribution >= 4 is 34.7 Å². The van der Waals surface area contributed by atoms with Gasteiger partial charge in [0.05, 0.1) is 22.3 Å². The number of nitrogens with zero attached hydrogens (tertiary/aromatic N) is 5. The number of benzene rings is 2. The number of hydrogen-bond acceptors (Lipinski definition) is 7. The summed E-state index contributed by atoms with van der Waals surface area (Å²) in [5.41, 5.74) is 9.59. The molecule has 196 valence electrons. The molecule has 9 nitrogen and oxygen atoms in total. The maximum absolute atomic E-state index is 13.6. The second-order valence-corrected chi connectivity index (χ2v) is 9.12. The Morgan fingerprint density at radius 2 is 1.84 bits per heavy atom. The van der Waals surface area contributed by atoms with Gasteiger partial charge in [-0.2, -0.15) is 4.98 Å². The van der Waals surface area contributed by atoms with Crippen molar-refractivity contribution in [3.8, 4) is 5.69 Å². The molecule has 4 rings (SSSR count). The topological polar surface area (TPSA) is 119 Å². The molecule has 2 aromatic carbocycles. The van der Waals surface area contributed by atoms with E-state index in [0.29, 0.717) is 59.7 Å². The summed E-state index contributed by atoms with van der Waals surface area (Å²) in [6.45, 7) is 6.84. The third kappa shape index (κ3) is 5.72. The Labute approximate surface area is 222 Å². The number of likely N-dealkylation sites (N-methyl/N-ethyl adjacent to an activating group) is 1. The Balaban J connectivity index is 1.58. The molecule has 4 aromatic rings. The smallest absolute Gasteiger partial charge is 0.266 e. The summed E-state index contributed by atoms with van der Waals surface area (Å²) in [6, 6.07) is 15.3. The predicted molar refractivity (Wildman–Crippen MR) is 152 cm³/mol. The van der Waals surface area contributed by atoms with Gasteiger partial charge in [0.2, 0.25) is 11.9 Å². The average molecular weight is 512 g/mol. The SMILES string of the molecule is CCN(C)C(=O)/C=C/c1c(C)nc(N)nc1NCCCc1nc2cccc(C)c2c(=O)n1-c1ccccc1. The molecular weight excluding hydrogens is 478 g/mol. The van der Waals surface area contributed by atoms with Gasteiger partial charge >= 0.3 is 0 Å². The lowest BCUT2D eigenvalue weighted by molar-refractivity contribution is -0.124. The number of nitrogens with two attached hydrogens (primary N) is 1. The van der Waals surface area contributed by atoms with Crippen LogP contribution in [0, 0.1) is 13.8 Å². The van der Waals surface area contributed by atoms with E-state index >= 15 is 0 Å². The molecule has 2 aromatic heterocycles. The van der Waals surface area contributed by atoms with Crippen LogP contribution >= 0.6 is 0 Å². The van der Waals surface area contributed by atoms with Gasteiger partial charge in [0.25, 0.3) is 5.56 Å². The first-order chi connectivity index (χ1) is 18.3. The Morgan fingerprint density at radius 3 is 2.58 bits per heavy atom. The van der Waals surface area contributed by atoms with Crippen LogP contribution in [0.2, 0.25) is 0 Å². The fraction of sp³-hybridized carbons (Fsp3) is 0.276. The molecule has 0 aliphatic rings. The standard InChI is InChI=1S/C29H33N7O2/c1-5-35(4)25(37)17-16-22-20(3)32-29(30)34-27(22)31-18-10-15-24-33-23-14-9-11-19(2)26(23)28(38)36(24)21-12-7-6-8-13-21/h6-9,11-14,16-17H,5,10,15,18H2,1-4H3,(H3,30,31,32,34)/b17-16+. The predicted octanol–water partition coefficient (Wildman–Crippen LogP) is 3.91. The summed E-state index contributed by atoms with van der Waals surface area (Å²) in [5.74, 6) is 1.29. The number of aryl methyl sites for hydroxylation is 3. The van der Waals surface area contributed by atoms with Gasteiger partial charge in [0.1, 0.15) is 11.6 Å². The molecule has 38 heavy (non-hydrogen) atoms. The molecule has 0 aliphatic heterocycles. The monoisotopic (exact) mass is 511 g/mol. The van der Waals surface area contributed by atoms with Gasteiger partial charge in [-0.05, 0) is 57.0 Å². The molecule has 0 unspecified atom stereocenters. The number of hydrogen-bond donors (Lipinski definition) is 2. The van der Waals surface area contributed by atoms with Crippen LogP contribution in [0.25, 0.3) is 22.7 Å². The normalized spacial score (nSPS) is 11.3. The summed E-state index contributed by atoms with van der Waals surface area (Å²) in [6.07, 6.45) is 4.47. The third-order valence-electron chi connectivity index (χ3n) is 6.46. The number of aromatic nitrogens is 4. The van der Waals surface area contributed by atoms with E-state index in [-0.39, 0.29) is 17.4 Å². The van der Waals surface area contributed by atoms with Crippen LogP contribution in [0.4, 0.5) is 11.8 Å². The summed E-state index contributed by atoms with van der Waals surface area (Å²) >= 11 is 0. The number of nitrogens with one attached hydrogen (secondary N) is 1. The van der Waals surface area contributed by atoms with Crippen molar-refractivity contribution in [3.05, 3.63) is 87.6 Å². The van der Waals surface area contributed by atoms with E-state index in [2.05, 4.69) is 15.3 Å². The van der Waals surface area contributed by atoms with E-state index in [4.69, 9.17) is 10.7 Å². The Morgan fingerprint density at radius 1 is 1.08 bits per heavy atom. The highest BCUT2D eigenvalue weighted by molar-refractivity contribution is 5.92. The van der Waals surface area contributed by atoms with Gasteiger partial charge in [-0.3, -0.25) is 14.2 Å². The van der Waals surface area contributed by atoms with Crippen LogP contribution in [0.1, 0.15) is 36.0 Å². The minimum Gasteiger partial charge on any atom is -0.369 e. The second-order valence-electron chi connectivity index (χ2n) is 9.12. The van der Waals surface area contributed by atoms with Crippen LogP contribution < -0.4 is 16.6 Å². The number of nitrogen functional groups attached to an aromatic ring is 1. The minimum absolute atomic E-state index is 0.0735. The maximum Gasteiger partial charge on any atom is 0.266 e. The summed E-state index contributed by atoms with van der Waals surface area (Å²) in [7, 11) is 1.75. The lowest BCUT2D eigenvalue weighted by Gasteiger charge is -2.15. The molecule has 0 saturated heterocycles. The summed E-state index contributed by atoms with van der Waals surface area (Å²) in [5, 5.41) is 3.96. The van der Waals surface area contributed by atoms with E-state index < -0.39 is 0 Å². The van der Waals surface area contributed by atoms with Crippen molar-refractivity contribution in [2.24, 2.45) is 0 Å². The number of carbonyl (C=O) groups is 1. The lowest BCUT2D eigenvalue weighted by Crippen LogP contribution is -2.25. The molecule has 0 aliphatic carbocycles. The maximum atomic E-state index is 13.6. The highest BCUT2D eigenvalue weighted by atomic mass is 16.2. The van der Waals surface area contributed by atoms with Gasteiger partial charge in [-0.25, -0.2) is 9.97 Å². The number of amides is 1. The number of rotatable bonds is 9. The van der Waals surface area contributed by atoms with E-state index in [1.807, 2.05) is 69.3 Å². The molecular formula is C29H33N7O2. The van der Waals surface area contributed by atoms with Crippen LogP contribution in [0.3, 0.4) is 0 Å². The molecule has 0 atom stereocenters. The first kappa shape index (κ1) is 26.5. The minimum atomic E-state index is -0.105. The molecule has 0 bridgehead atoms. The molecule has 9 heteroatoms. The highest BCUT2D eigenvalue weighted by Crippen LogP contribution is 2.20. The van der Waals surface area contributed by atoms with E-state index in [1.54, 1.807) is 22.6 Å². The van der Waals surface area contributed by atoms with Crippen molar-refractivity contribution in [2.45, 2.75) is 33.6 Å². The van der Waals surface area contributed by atoms with Crippen LogP contribution in [-0.2, 0) is 11.2 Å². The molecule has 0 spiro atoms. The van der Waals surface area contributed by atoms with Gasteiger partial charge in [0.15, 0.2) is 0 Å². The quantitative estimate of drug-likeness (QED) is 0.258. The van der Waals surface area contributed by atoms with Gasteiger partial charge in [0, 0.05) is 38.2 Å². The summed E-state index contributed by atoms with van der Waals surface area (Å²) in [4.78, 5) is 40.9. The molecule has 0 radical (unpaired) electrons. The van der Waals surface area contributed by atoms with Crippen LogP contribution in [0.5, 0.6) is 0 Å². The zero-order valence-corrected chi connectivity index (χ0v) is 22.2. The molecule has 0 saturated carbocycles. The summed E-state index contributed by atoms with van der Waals surface area (Å²) < 4.78 is 1.70. The fourth-order valence-corrected chi connectivity index (χ4v) is 4.28. The van der Waals surface area contributed by atoms with E-state index in [1.165, 1.54) is 6.08 Å². The van der Waals surface area contributed by atoms with Gasteiger partial charge in [-0.1, -0.05) is 30.3 Å². The van der Waals surface area contributed by atoms with Gasteiger partial charge in [-0.15, -0.1) is 0 Å². The Bertz CT molecular complexity index is 1540. The van der Waals surface area contributed by atoms with Crippen molar-refractivity contribution in [1.29, 1.82) is 0 Å². The number of fused-ring (bicyclic) bond motifs is 1. The van der Waals surface area contributed by atoms with Crippen molar-refractivity contribution in [3.63, 3.8) is 0 Å². The fourth-order valence-electron chi connectivity index (χ4n) is 4.28. The first-order valence-corrected chi connectivity index (χ1v) is 12.7. The van der Waals surface area contributed by atoms with E-state index in [9.17, 15) is 9.59 Å². The molecule has 2 heterocycles. The molecule has 3 N–H and O–H groups in total. The number of anilines is 2. The lowest BCUT2D eigenvalue weighted by atomic mass is 10.1. The largest absolute Gasteiger partial charge is 0.369 e. The van der Waals surface area contributed by atoms with Gasteiger partial charge < -0.3 is 16.0 Å². The Kier molecular flexibility index (Phi) is 8.15. The van der Waals surface area contributed by atoms with E-state index in [0.717, 1.165) is 11.3 Å². The highest BCUT2D eigenvalue weighted by Gasteiger charge is 2.15. The zero-order chi connectivity index (χ0) is 27.2. The second kappa shape index (κ2) is 11.7. The zero-order valence-electron chi connectivity index (χ0n) is 22.2.